The van der Waals surface area contributed by atoms with Crippen LogP contribution < -0.4 is 5.32 Å². The molecule has 0 saturated carbocycles. The van der Waals surface area contributed by atoms with Crippen molar-refractivity contribution in [3.8, 4) is 0 Å². The Morgan fingerprint density at radius 3 is 1.88 bits per heavy atom. The van der Waals surface area contributed by atoms with Crippen LogP contribution in [0, 0.1) is 3.57 Å². The summed E-state index contributed by atoms with van der Waals surface area (Å²) in [5, 5.41) is 3.23. The van der Waals surface area contributed by atoms with Gasteiger partial charge in [-0.3, -0.25) is 4.79 Å². The highest BCUT2D eigenvalue weighted by Crippen LogP contribution is 2.21. The van der Waals surface area contributed by atoms with Crippen LogP contribution in [-0.4, -0.2) is 5.78 Å². The molecule has 0 aliphatic heterocycles. The van der Waals surface area contributed by atoms with E-state index in [0.29, 0.717) is 11.1 Å². The summed E-state index contributed by atoms with van der Waals surface area (Å²) in [6.45, 7) is 0. The molecule has 24 heavy (non-hydrogen) atoms. The lowest BCUT2D eigenvalue weighted by Crippen LogP contribution is -2.05. The van der Waals surface area contributed by atoms with Crippen LogP contribution >= 0.6 is 22.6 Å². The minimum absolute atomic E-state index is 0.000174. The van der Waals surface area contributed by atoms with Crippen LogP contribution in [-0.2, 0) is 0 Å². The standard InChI is InChI=1S/C21H16INO/c22-18-11-13-19(14-12-18)23-15-20(16-7-3-1-4-8-16)21(24)17-9-5-2-6-10-17/h1-15,23H. The molecule has 3 aromatic carbocycles. The van der Waals surface area contributed by atoms with E-state index in [1.54, 1.807) is 6.20 Å². The van der Waals surface area contributed by atoms with E-state index in [2.05, 4.69) is 27.9 Å². The minimum atomic E-state index is -0.000174. The molecule has 0 aliphatic carbocycles. The summed E-state index contributed by atoms with van der Waals surface area (Å²) in [5.41, 5.74) is 3.16. The summed E-state index contributed by atoms with van der Waals surface area (Å²) in [5.74, 6) is -0.000174. The first-order valence-corrected chi connectivity index (χ1v) is 8.69. The van der Waals surface area contributed by atoms with E-state index >= 15 is 0 Å². The molecule has 0 heterocycles. The van der Waals surface area contributed by atoms with E-state index in [1.807, 2.05) is 84.9 Å². The van der Waals surface area contributed by atoms with Gasteiger partial charge in [-0.2, -0.15) is 0 Å². The van der Waals surface area contributed by atoms with Gasteiger partial charge in [0, 0.05) is 26.6 Å². The number of anilines is 1. The van der Waals surface area contributed by atoms with Gasteiger partial charge in [0.05, 0.1) is 0 Å². The molecule has 0 bridgehead atoms. The highest BCUT2D eigenvalue weighted by molar-refractivity contribution is 14.1. The summed E-state index contributed by atoms with van der Waals surface area (Å²) in [6, 6.07) is 27.1. The number of carbonyl (C=O) groups excluding carboxylic acids is 1. The second kappa shape index (κ2) is 7.93. The fourth-order valence-electron chi connectivity index (χ4n) is 2.34. The normalized spacial score (nSPS) is 11.1. The molecule has 0 atom stereocenters. The number of ketones is 1. The Hall–Kier alpha value is -2.40. The van der Waals surface area contributed by atoms with Crippen LogP contribution in [0.5, 0.6) is 0 Å². The third-order valence-electron chi connectivity index (χ3n) is 3.59. The van der Waals surface area contributed by atoms with Crippen molar-refractivity contribution in [1.29, 1.82) is 0 Å². The van der Waals surface area contributed by atoms with Gasteiger partial charge in [-0.05, 0) is 52.4 Å². The second-order valence-corrected chi connectivity index (χ2v) is 6.52. The fraction of sp³-hybridized carbons (Fsp3) is 0. The van der Waals surface area contributed by atoms with Gasteiger partial charge in [0.2, 0.25) is 0 Å². The Labute approximate surface area is 155 Å². The van der Waals surface area contributed by atoms with Crippen LogP contribution in [0.15, 0.2) is 91.1 Å². The maximum atomic E-state index is 12.9. The maximum Gasteiger partial charge on any atom is 0.195 e. The van der Waals surface area contributed by atoms with Gasteiger partial charge >= 0.3 is 0 Å². The van der Waals surface area contributed by atoms with Crippen molar-refractivity contribution in [2.24, 2.45) is 0 Å². The molecular weight excluding hydrogens is 409 g/mol. The highest BCUT2D eigenvalue weighted by atomic mass is 127. The number of hydrogen-bond donors (Lipinski definition) is 1. The Morgan fingerprint density at radius 2 is 1.29 bits per heavy atom. The van der Waals surface area contributed by atoms with Gasteiger partial charge in [-0.15, -0.1) is 0 Å². The van der Waals surface area contributed by atoms with Crippen molar-refractivity contribution < 1.29 is 4.79 Å². The van der Waals surface area contributed by atoms with E-state index in [-0.39, 0.29) is 5.78 Å². The summed E-state index contributed by atoms with van der Waals surface area (Å²) < 4.78 is 1.17. The third kappa shape index (κ3) is 4.11. The number of allylic oxidation sites excluding steroid dienone is 1. The zero-order valence-corrected chi connectivity index (χ0v) is 15.1. The van der Waals surface area contributed by atoms with Gasteiger partial charge in [0.1, 0.15) is 0 Å². The van der Waals surface area contributed by atoms with Crippen LogP contribution in [0.1, 0.15) is 15.9 Å². The number of carbonyl (C=O) groups is 1. The molecule has 0 saturated heterocycles. The minimum Gasteiger partial charge on any atom is -0.361 e. The van der Waals surface area contributed by atoms with Crippen molar-refractivity contribution in [1.82, 2.24) is 0 Å². The molecule has 0 radical (unpaired) electrons. The summed E-state index contributed by atoms with van der Waals surface area (Å²) in [7, 11) is 0. The lowest BCUT2D eigenvalue weighted by molar-refractivity contribution is 0.105. The molecule has 0 spiro atoms. The SMILES string of the molecule is O=C(C(=CNc1ccc(I)cc1)c1ccccc1)c1ccccc1. The average molecular weight is 425 g/mol. The zero-order chi connectivity index (χ0) is 16.8. The number of Topliss-reactive ketones (excluding diaryl/α,β-unsaturated/α-hetero) is 1. The molecule has 0 fully saturated rings. The maximum absolute atomic E-state index is 12.9. The third-order valence-corrected chi connectivity index (χ3v) is 4.31. The molecule has 118 valence electrons. The first kappa shape index (κ1) is 16.5. The van der Waals surface area contributed by atoms with Crippen molar-refractivity contribution in [3.05, 3.63) is 106 Å². The van der Waals surface area contributed by atoms with E-state index in [1.165, 1.54) is 3.57 Å². The van der Waals surface area contributed by atoms with Crippen LogP contribution in [0.4, 0.5) is 5.69 Å². The van der Waals surface area contributed by atoms with Crippen molar-refractivity contribution in [2.45, 2.75) is 0 Å². The molecule has 1 N–H and O–H groups in total. The predicted octanol–water partition coefficient (Wildman–Crippen LogP) is 5.63. The van der Waals surface area contributed by atoms with Gasteiger partial charge in [0.25, 0.3) is 0 Å². The van der Waals surface area contributed by atoms with Crippen molar-refractivity contribution in [2.75, 3.05) is 5.32 Å². The predicted molar refractivity (Wildman–Crippen MR) is 108 cm³/mol. The molecule has 0 aromatic heterocycles. The Balaban J connectivity index is 1.94. The largest absolute Gasteiger partial charge is 0.361 e. The van der Waals surface area contributed by atoms with Gasteiger partial charge in [-0.1, -0.05) is 60.7 Å². The van der Waals surface area contributed by atoms with Gasteiger partial charge in [0.15, 0.2) is 5.78 Å². The summed E-state index contributed by atoms with van der Waals surface area (Å²) in [6.07, 6.45) is 1.78. The number of halogens is 1. The lowest BCUT2D eigenvalue weighted by Gasteiger charge is -2.09. The quantitative estimate of drug-likeness (QED) is 0.326. The van der Waals surface area contributed by atoms with E-state index < -0.39 is 0 Å². The van der Waals surface area contributed by atoms with Crippen LogP contribution in [0.2, 0.25) is 0 Å². The Morgan fingerprint density at radius 1 is 0.750 bits per heavy atom. The van der Waals surface area contributed by atoms with Crippen LogP contribution in [0.25, 0.3) is 5.57 Å². The molecular formula is C21H16INO. The number of hydrogen-bond acceptors (Lipinski definition) is 2. The molecule has 0 unspecified atom stereocenters. The van der Waals surface area contributed by atoms with Gasteiger partial charge < -0.3 is 5.32 Å². The second-order valence-electron chi connectivity index (χ2n) is 5.27. The number of nitrogens with one attached hydrogen (secondary N) is 1. The van der Waals surface area contributed by atoms with Gasteiger partial charge in [-0.25, -0.2) is 0 Å². The Kier molecular flexibility index (Phi) is 5.43. The monoisotopic (exact) mass is 425 g/mol. The van der Waals surface area contributed by atoms with E-state index in [0.717, 1.165) is 11.3 Å². The number of benzene rings is 3. The van der Waals surface area contributed by atoms with Crippen LogP contribution in [0.3, 0.4) is 0 Å². The molecule has 0 aliphatic rings. The fourth-order valence-corrected chi connectivity index (χ4v) is 2.70. The number of rotatable bonds is 5. The van der Waals surface area contributed by atoms with E-state index in [9.17, 15) is 4.79 Å². The van der Waals surface area contributed by atoms with Crippen molar-refractivity contribution in [3.63, 3.8) is 0 Å². The zero-order valence-electron chi connectivity index (χ0n) is 12.9. The smallest absolute Gasteiger partial charge is 0.195 e. The lowest BCUT2D eigenvalue weighted by atomic mass is 9.97. The first-order valence-electron chi connectivity index (χ1n) is 7.61. The molecule has 2 nitrogen and oxygen atoms in total. The van der Waals surface area contributed by atoms with E-state index in [4.69, 9.17) is 0 Å². The highest BCUT2D eigenvalue weighted by Gasteiger charge is 2.13. The average Bonchev–Trinajstić information content (AvgIpc) is 2.65. The molecule has 3 heteroatoms. The van der Waals surface area contributed by atoms with Crippen molar-refractivity contribution >= 4 is 39.6 Å². The Bertz CT molecular complexity index is 840. The summed E-state index contributed by atoms with van der Waals surface area (Å²) in [4.78, 5) is 12.9. The molecule has 0 amide bonds. The summed E-state index contributed by atoms with van der Waals surface area (Å²) >= 11 is 2.27. The molecule has 3 aromatic rings. The molecule has 3 rings (SSSR count). The topological polar surface area (TPSA) is 29.1 Å². The first-order chi connectivity index (χ1) is 11.7.